The van der Waals surface area contributed by atoms with Crippen LogP contribution in [-0.2, 0) is 21.9 Å². The fourth-order valence-corrected chi connectivity index (χ4v) is 3.93. The van der Waals surface area contributed by atoms with Gasteiger partial charge < -0.3 is 10.2 Å². The van der Waals surface area contributed by atoms with Crippen LogP contribution in [0.2, 0.25) is 0 Å². The third-order valence-corrected chi connectivity index (χ3v) is 5.98. The van der Waals surface area contributed by atoms with Gasteiger partial charge in [-0.1, -0.05) is 56.3 Å². The summed E-state index contributed by atoms with van der Waals surface area (Å²) in [6, 6.07) is 15.6. The molecule has 2 atom stereocenters. The highest BCUT2D eigenvalue weighted by atomic mass is 32.2. The molecule has 4 nitrogen and oxygen atoms in total. The zero-order valence-corrected chi connectivity index (χ0v) is 18.8. The van der Waals surface area contributed by atoms with Crippen molar-refractivity contribution in [1.29, 1.82) is 0 Å². The molecule has 1 N–H and O–H groups in total. The summed E-state index contributed by atoms with van der Waals surface area (Å²) in [6.07, 6.45) is 1.38. The van der Waals surface area contributed by atoms with Crippen LogP contribution >= 0.6 is 11.8 Å². The van der Waals surface area contributed by atoms with Gasteiger partial charge in [-0.15, -0.1) is 11.8 Å². The Balaban J connectivity index is 2.09. The zero-order chi connectivity index (χ0) is 21.9. The Morgan fingerprint density at radius 3 is 2.27 bits per heavy atom. The van der Waals surface area contributed by atoms with Crippen molar-refractivity contribution in [3.8, 4) is 0 Å². The molecule has 0 fully saturated rings. The first-order valence-electron chi connectivity index (χ1n) is 10.4. The molecule has 0 aliphatic rings. The van der Waals surface area contributed by atoms with Gasteiger partial charge in [0.2, 0.25) is 11.8 Å². The van der Waals surface area contributed by atoms with Crippen LogP contribution in [-0.4, -0.2) is 34.6 Å². The van der Waals surface area contributed by atoms with Crippen molar-refractivity contribution >= 4 is 23.6 Å². The predicted molar refractivity (Wildman–Crippen MR) is 122 cm³/mol. The van der Waals surface area contributed by atoms with E-state index in [1.165, 1.54) is 23.9 Å². The summed E-state index contributed by atoms with van der Waals surface area (Å²) >= 11 is 1.47. The third-order valence-electron chi connectivity index (χ3n) is 4.99. The van der Waals surface area contributed by atoms with Crippen LogP contribution in [0.25, 0.3) is 0 Å². The smallest absolute Gasteiger partial charge is 0.243 e. The number of nitrogens with one attached hydrogen (secondary N) is 1. The Labute approximate surface area is 183 Å². The molecule has 0 aliphatic carbocycles. The third kappa shape index (κ3) is 7.48. The minimum Gasteiger partial charge on any atom is -0.352 e. The first-order chi connectivity index (χ1) is 14.4. The number of hydrogen-bond acceptors (Lipinski definition) is 3. The van der Waals surface area contributed by atoms with Gasteiger partial charge in [-0.05, 0) is 43.0 Å². The summed E-state index contributed by atoms with van der Waals surface area (Å²) < 4.78 is 13.1. The Morgan fingerprint density at radius 2 is 1.67 bits per heavy atom. The van der Waals surface area contributed by atoms with Crippen molar-refractivity contribution in [2.24, 2.45) is 0 Å². The fourth-order valence-electron chi connectivity index (χ4n) is 3.06. The van der Waals surface area contributed by atoms with E-state index in [0.717, 1.165) is 17.5 Å². The van der Waals surface area contributed by atoms with Crippen LogP contribution in [0.15, 0.2) is 54.6 Å². The number of benzene rings is 2. The van der Waals surface area contributed by atoms with E-state index >= 15 is 0 Å². The summed E-state index contributed by atoms with van der Waals surface area (Å²) in [6.45, 7) is 6.30. The quantitative estimate of drug-likeness (QED) is 0.558. The van der Waals surface area contributed by atoms with Crippen LogP contribution < -0.4 is 5.32 Å². The lowest BCUT2D eigenvalue weighted by Crippen LogP contribution is -2.51. The molecule has 0 heterocycles. The fraction of sp³-hybridized carbons (Fsp3) is 0.417. The molecule has 2 rings (SSSR count). The summed E-state index contributed by atoms with van der Waals surface area (Å²) in [4.78, 5) is 27.7. The van der Waals surface area contributed by atoms with E-state index in [9.17, 15) is 14.0 Å². The molecule has 0 unspecified atom stereocenters. The van der Waals surface area contributed by atoms with E-state index in [1.807, 2.05) is 51.1 Å². The standard InChI is InChI=1S/C24H31FN2O2S/c1-4-18(3)26-24(29)22(5-2)27(15-19-9-7-6-8-10-19)23(28)17-30-16-20-11-13-21(25)14-12-20/h6-14,18,22H,4-5,15-17H2,1-3H3,(H,26,29)/t18-,22+/m0/s1. The number of thioether (sulfide) groups is 1. The molecular weight excluding hydrogens is 399 g/mol. The van der Waals surface area contributed by atoms with Gasteiger partial charge in [-0.25, -0.2) is 4.39 Å². The number of carbonyl (C=O) groups is 2. The number of nitrogens with zero attached hydrogens (tertiary/aromatic N) is 1. The zero-order valence-electron chi connectivity index (χ0n) is 17.9. The molecule has 0 aromatic heterocycles. The van der Waals surface area contributed by atoms with Crippen molar-refractivity contribution in [3.63, 3.8) is 0 Å². The second-order valence-corrected chi connectivity index (χ2v) is 8.35. The Hall–Kier alpha value is -2.34. The van der Waals surface area contributed by atoms with Crippen molar-refractivity contribution < 1.29 is 14.0 Å². The van der Waals surface area contributed by atoms with Gasteiger partial charge in [-0.2, -0.15) is 0 Å². The summed E-state index contributed by atoms with van der Waals surface area (Å²) in [5, 5.41) is 3.01. The monoisotopic (exact) mass is 430 g/mol. The van der Waals surface area contributed by atoms with Crippen LogP contribution in [0.5, 0.6) is 0 Å². The van der Waals surface area contributed by atoms with Crippen LogP contribution in [0, 0.1) is 5.82 Å². The molecule has 2 aromatic rings. The molecule has 0 radical (unpaired) electrons. The molecule has 2 amide bonds. The van der Waals surface area contributed by atoms with Gasteiger partial charge in [-0.3, -0.25) is 9.59 Å². The van der Waals surface area contributed by atoms with E-state index in [0.29, 0.717) is 18.7 Å². The second-order valence-electron chi connectivity index (χ2n) is 7.37. The topological polar surface area (TPSA) is 49.4 Å². The van der Waals surface area contributed by atoms with Crippen LogP contribution in [0.4, 0.5) is 4.39 Å². The van der Waals surface area contributed by atoms with E-state index < -0.39 is 6.04 Å². The highest BCUT2D eigenvalue weighted by molar-refractivity contribution is 7.99. The van der Waals surface area contributed by atoms with Gasteiger partial charge >= 0.3 is 0 Å². The molecule has 0 saturated carbocycles. The SMILES string of the molecule is CC[C@H](C(=O)N[C@@H](C)CC)N(Cc1ccccc1)C(=O)CSCc1ccc(F)cc1. The number of halogens is 1. The average Bonchev–Trinajstić information content (AvgIpc) is 2.75. The average molecular weight is 431 g/mol. The normalized spacial score (nSPS) is 12.8. The number of hydrogen-bond donors (Lipinski definition) is 1. The summed E-state index contributed by atoms with van der Waals surface area (Å²) in [7, 11) is 0. The maximum atomic E-state index is 13.1. The number of amides is 2. The Bertz CT molecular complexity index is 799. The maximum Gasteiger partial charge on any atom is 0.243 e. The molecule has 0 spiro atoms. The molecule has 162 valence electrons. The van der Waals surface area contributed by atoms with E-state index in [-0.39, 0.29) is 29.4 Å². The predicted octanol–water partition coefficient (Wildman–Crippen LogP) is 4.78. The van der Waals surface area contributed by atoms with E-state index in [4.69, 9.17) is 0 Å². The number of carbonyl (C=O) groups excluding carboxylic acids is 2. The number of rotatable bonds is 11. The molecule has 30 heavy (non-hydrogen) atoms. The molecule has 6 heteroatoms. The largest absolute Gasteiger partial charge is 0.352 e. The first kappa shape index (κ1) is 23.9. The van der Waals surface area contributed by atoms with Gasteiger partial charge in [0.25, 0.3) is 0 Å². The lowest BCUT2D eigenvalue weighted by atomic mass is 10.1. The van der Waals surface area contributed by atoms with Gasteiger partial charge in [0.15, 0.2) is 0 Å². The Kier molecular flexibility index (Phi) is 9.87. The highest BCUT2D eigenvalue weighted by Gasteiger charge is 2.29. The minimum absolute atomic E-state index is 0.0630. The summed E-state index contributed by atoms with van der Waals surface area (Å²) in [5.74, 6) is 0.419. The molecule has 0 bridgehead atoms. The van der Waals surface area contributed by atoms with Crippen molar-refractivity contribution in [2.75, 3.05) is 5.75 Å². The van der Waals surface area contributed by atoms with Crippen molar-refractivity contribution in [2.45, 2.75) is 58.0 Å². The molecule has 0 aliphatic heterocycles. The van der Waals surface area contributed by atoms with Crippen molar-refractivity contribution in [1.82, 2.24) is 10.2 Å². The van der Waals surface area contributed by atoms with Crippen molar-refractivity contribution in [3.05, 3.63) is 71.5 Å². The van der Waals surface area contributed by atoms with Gasteiger partial charge in [0.05, 0.1) is 5.75 Å². The summed E-state index contributed by atoms with van der Waals surface area (Å²) in [5.41, 5.74) is 1.95. The lowest BCUT2D eigenvalue weighted by molar-refractivity contribution is -0.139. The highest BCUT2D eigenvalue weighted by Crippen LogP contribution is 2.17. The maximum absolute atomic E-state index is 13.1. The molecular formula is C24H31FN2O2S. The van der Waals surface area contributed by atoms with E-state index in [1.54, 1.807) is 17.0 Å². The second kappa shape index (κ2) is 12.4. The lowest BCUT2D eigenvalue weighted by Gasteiger charge is -2.31. The van der Waals surface area contributed by atoms with E-state index in [2.05, 4.69) is 5.32 Å². The first-order valence-corrected chi connectivity index (χ1v) is 11.6. The van der Waals surface area contributed by atoms with Gasteiger partial charge in [0, 0.05) is 18.3 Å². The molecule has 0 saturated heterocycles. The Morgan fingerprint density at radius 1 is 1.00 bits per heavy atom. The molecule has 2 aromatic carbocycles. The van der Waals surface area contributed by atoms with Crippen LogP contribution in [0.1, 0.15) is 44.7 Å². The van der Waals surface area contributed by atoms with Crippen LogP contribution in [0.3, 0.4) is 0 Å². The minimum atomic E-state index is -0.516. The van der Waals surface area contributed by atoms with Gasteiger partial charge in [0.1, 0.15) is 11.9 Å².